The van der Waals surface area contributed by atoms with Crippen molar-refractivity contribution in [1.29, 1.82) is 0 Å². The van der Waals surface area contributed by atoms with E-state index in [1.807, 2.05) is 27.8 Å². The summed E-state index contributed by atoms with van der Waals surface area (Å²) in [4.78, 5) is 8.95. The average molecular weight is 249 g/mol. The zero-order valence-corrected chi connectivity index (χ0v) is 11.3. The zero-order valence-electron chi connectivity index (χ0n) is 11.3. The summed E-state index contributed by atoms with van der Waals surface area (Å²) in [6.07, 6.45) is 1.94. The molecule has 0 fully saturated rings. The predicted molar refractivity (Wildman–Crippen MR) is 70.4 cm³/mol. The van der Waals surface area contributed by atoms with Crippen molar-refractivity contribution >= 4 is 16.9 Å². The van der Waals surface area contributed by atoms with Crippen LogP contribution < -0.4 is 5.32 Å². The second-order valence-corrected chi connectivity index (χ2v) is 4.38. The normalized spacial score (nSPS) is 11.4. The number of nitrogens with one attached hydrogen (secondary N) is 1. The maximum Gasteiger partial charge on any atom is 0.163 e. The summed E-state index contributed by atoms with van der Waals surface area (Å²) in [5.41, 5.74) is 0.823. The van der Waals surface area contributed by atoms with Crippen LogP contribution in [0.15, 0.2) is 6.20 Å². The summed E-state index contributed by atoms with van der Waals surface area (Å²) in [5, 5.41) is 8.38. The van der Waals surface area contributed by atoms with Gasteiger partial charge in [-0.2, -0.15) is 5.10 Å². The van der Waals surface area contributed by atoms with E-state index in [-0.39, 0.29) is 6.10 Å². The number of aromatic nitrogens is 4. The molecule has 2 heterocycles. The summed E-state index contributed by atoms with van der Waals surface area (Å²) in [5.74, 6) is 1.49. The van der Waals surface area contributed by atoms with Gasteiger partial charge in [0.25, 0.3) is 0 Å². The number of anilines is 1. The van der Waals surface area contributed by atoms with Crippen LogP contribution >= 0.6 is 0 Å². The molecule has 1 N–H and O–H groups in total. The number of hydrogen-bond acceptors (Lipinski definition) is 5. The summed E-state index contributed by atoms with van der Waals surface area (Å²) in [7, 11) is 1.87. The SMILES string of the molecule is CCNc1nc(COC(C)C)nc2c1cnn2C. The van der Waals surface area contributed by atoms with Gasteiger partial charge in [-0.25, -0.2) is 9.97 Å². The molecule has 0 aliphatic rings. The maximum absolute atomic E-state index is 5.54. The molecule has 0 radical (unpaired) electrons. The Morgan fingerprint density at radius 3 is 2.83 bits per heavy atom. The Kier molecular flexibility index (Phi) is 3.76. The number of ether oxygens (including phenoxy) is 1. The van der Waals surface area contributed by atoms with Crippen LogP contribution in [0.3, 0.4) is 0 Å². The van der Waals surface area contributed by atoms with Gasteiger partial charge in [0.1, 0.15) is 12.4 Å². The van der Waals surface area contributed by atoms with Gasteiger partial charge < -0.3 is 10.1 Å². The Hall–Kier alpha value is -1.69. The molecule has 2 rings (SSSR count). The Morgan fingerprint density at radius 2 is 2.17 bits per heavy atom. The Bertz CT molecular complexity index is 534. The molecule has 98 valence electrons. The second kappa shape index (κ2) is 5.30. The molecule has 0 unspecified atom stereocenters. The molecule has 2 aromatic rings. The van der Waals surface area contributed by atoms with E-state index < -0.39 is 0 Å². The minimum Gasteiger partial charge on any atom is -0.371 e. The lowest BCUT2D eigenvalue weighted by Crippen LogP contribution is -2.09. The molecule has 0 aliphatic heterocycles. The van der Waals surface area contributed by atoms with Crippen molar-refractivity contribution in [3.63, 3.8) is 0 Å². The van der Waals surface area contributed by atoms with Crippen LogP contribution in [0.5, 0.6) is 0 Å². The van der Waals surface area contributed by atoms with Crippen LogP contribution in [-0.2, 0) is 18.4 Å². The van der Waals surface area contributed by atoms with Crippen molar-refractivity contribution < 1.29 is 4.74 Å². The second-order valence-electron chi connectivity index (χ2n) is 4.38. The van der Waals surface area contributed by atoms with Crippen LogP contribution in [0.4, 0.5) is 5.82 Å². The van der Waals surface area contributed by atoms with Gasteiger partial charge in [0.15, 0.2) is 11.5 Å². The van der Waals surface area contributed by atoms with E-state index in [0.29, 0.717) is 12.4 Å². The zero-order chi connectivity index (χ0) is 13.1. The van der Waals surface area contributed by atoms with E-state index >= 15 is 0 Å². The molecule has 0 aromatic carbocycles. The highest BCUT2D eigenvalue weighted by molar-refractivity contribution is 5.86. The molecule has 0 saturated carbocycles. The van der Waals surface area contributed by atoms with Gasteiger partial charge in [-0.05, 0) is 20.8 Å². The highest BCUT2D eigenvalue weighted by Gasteiger charge is 2.11. The van der Waals surface area contributed by atoms with E-state index in [1.54, 1.807) is 10.9 Å². The van der Waals surface area contributed by atoms with E-state index in [2.05, 4.69) is 20.4 Å². The smallest absolute Gasteiger partial charge is 0.163 e. The first kappa shape index (κ1) is 12.8. The van der Waals surface area contributed by atoms with Crippen LogP contribution in [0, 0.1) is 0 Å². The lowest BCUT2D eigenvalue weighted by molar-refractivity contribution is 0.0615. The molecule has 0 saturated heterocycles. The standard InChI is InChI=1S/C12H19N5O/c1-5-13-11-9-6-14-17(4)12(9)16-10(15-11)7-18-8(2)3/h6,8H,5,7H2,1-4H3,(H,13,15,16). The van der Waals surface area contributed by atoms with Crippen molar-refractivity contribution in [2.24, 2.45) is 7.05 Å². The third-order valence-corrected chi connectivity index (χ3v) is 2.53. The third kappa shape index (κ3) is 2.59. The van der Waals surface area contributed by atoms with Gasteiger partial charge in [0.2, 0.25) is 0 Å². The summed E-state index contributed by atoms with van der Waals surface area (Å²) < 4.78 is 7.29. The lowest BCUT2D eigenvalue weighted by Gasteiger charge is -2.09. The largest absolute Gasteiger partial charge is 0.371 e. The van der Waals surface area contributed by atoms with Crippen molar-refractivity contribution in [3.8, 4) is 0 Å². The minimum atomic E-state index is 0.165. The highest BCUT2D eigenvalue weighted by atomic mass is 16.5. The van der Waals surface area contributed by atoms with Crippen molar-refractivity contribution in [3.05, 3.63) is 12.0 Å². The summed E-state index contributed by atoms with van der Waals surface area (Å²) in [6.45, 7) is 7.25. The Labute approximate surface area is 106 Å². The quantitative estimate of drug-likeness (QED) is 0.874. The van der Waals surface area contributed by atoms with E-state index in [1.165, 1.54) is 0 Å². The van der Waals surface area contributed by atoms with Gasteiger partial charge in [0, 0.05) is 13.6 Å². The predicted octanol–water partition coefficient (Wildman–Crippen LogP) is 1.72. The molecule has 18 heavy (non-hydrogen) atoms. The van der Waals surface area contributed by atoms with E-state index in [0.717, 1.165) is 23.4 Å². The van der Waals surface area contributed by atoms with Crippen LogP contribution in [0.25, 0.3) is 11.0 Å². The van der Waals surface area contributed by atoms with E-state index in [9.17, 15) is 0 Å². The fraction of sp³-hybridized carbons (Fsp3) is 0.583. The van der Waals surface area contributed by atoms with Gasteiger partial charge in [-0.3, -0.25) is 4.68 Å². The molecule has 6 nitrogen and oxygen atoms in total. The number of hydrogen-bond donors (Lipinski definition) is 1. The van der Waals surface area contributed by atoms with Crippen molar-refractivity contribution in [2.45, 2.75) is 33.5 Å². The Morgan fingerprint density at radius 1 is 1.39 bits per heavy atom. The number of rotatable bonds is 5. The van der Waals surface area contributed by atoms with E-state index in [4.69, 9.17) is 4.74 Å². The lowest BCUT2D eigenvalue weighted by atomic mass is 10.3. The fourth-order valence-electron chi connectivity index (χ4n) is 1.68. The van der Waals surface area contributed by atoms with Crippen LogP contribution in [0.2, 0.25) is 0 Å². The molecule has 2 aromatic heterocycles. The third-order valence-electron chi connectivity index (χ3n) is 2.53. The highest BCUT2D eigenvalue weighted by Crippen LogP contribution is 2.19. The molecule has 0 aliphatic carbocycles. The van der Waals surface area contributed by atoms with Gasteiger partial charge >= 0.3 is 0 Å². The minimum absolute atomic E-state index is 0.165. The average Bonchev–Trinajstić information content (AvgIpc) is 2.69. The first-order valence-corrected chi connectivity index (χ1v) is 6.16. The first-order valence-electron chi connectivity index (χ1n) is 6.16. The Balaban J connectivity index is 2.38. The summed E-state index contributed by atoms with van der Waals surface area (Å²) >= 11 is 0. The molecular weight excluding hydrogens is 230 g/mol. The van der Waals surface area contributed by atoms with Gasteiger partial charge in [0.05, 0.1) is 17.7 Å². The first-order chi connectivity index (χ1) is 8.61. The molecule has 6 heteroatoms. The van der Waals surface area contributed by atoms with Crippen molar-refractivity contribution in [2.75, 3.05) is 11.9 Å². The van der Waals surface area contributed by atoms with Gasteiger partial charge in [-0.1, -0.05) is 0 Å². The molecule has 0 atom stereocenters. The van der Waals surface area contributed by atoms with Crippen LogP contribution in [-0.4, -0.2) is 32.4 Å². The number of fused-ring (bicyclic) bond motifs is 1. The summed E-state index contributed by atoms with van der Waals surface area (Å²) in [6, 6.07) is 0. The number of nitrogens with zero attached hydrogens (tertiary/aromatic N) is 4. The van der Waals surface area contributed by atoms with Crippen LogP contribution in [0.1, 0.15) is 26.6 Å². The van der Waals surface area contributed by atoms with Crippen molar-refractivity contribution in [1.82, 2.24) is 19.7 Å². The van der Waals surface area contributed by atoms with Gasteiger partial charge in [-0.15, -0.1) is 0 Å². The number of aryl methyl sites for hydroxylation is 1. The fourth-order valence-corrected chi connectivity index (χ4v) is 1.68. The molecular formula is C12H19N5O. The maximum atomic E-state index is 5.54. The molecule has 0 amide bonds. The molecule has 0 bridgehead atoms. The monoisotopic (exact) mass is 249 g/mol. The topological polar surface area (TPSA) is 64.9 Å². The molecule has 0 spiro atoms.